The normalized spacial score (nSPS) is 11.3. The average molecular weight is 385 g/mol. The zero-order valence-corrected chi connectivity index (χ0v) is 15.8. The van der Waals surface area contributed by atoms with E-state index < -0.39 is 0 Å². The van der Waals surface area contributed by atoms with Crippen LogP contribution in [0.5, 0.6) is 0 Å². The van der Waals surface area contributed by atoms with Gasteiger partial charge in [0.15, 0.2) is 5.96 Å². The Bertz CT molecular complexity index is 535. The lowest BCUT2D eigenvalue weighted by atomic mass is 10.2. The Labute approximate surface area is 146 Å². The average Bonchev–Trinajstić information content (AvgIpc) is 2.52. The minimum absolute atomic E-state index is 0.0367. The Balaban J connectivity index is 2.78. The molecule has 0 heterocycles. The maximum absolute atomic E-state index is 11.8. The Morgan fingerprint density at radius 3 is 2.61 bits per heavy atom. The molecule has 0 atom stereocenters. The molecule has 128 valence electrons. The molecule has 0 unspecified atom stereocenters. The van der Waals surface area contributed by atoms with E-state index in [-0.39, 0.29) is 12.5 Å². The second-order valence-electron chi connectivity index (χ2n) is 5.30. The van der Waals surface area contributed by atoms with Crippen LogP contribution < -0.4 is 5.32 Å². The second kappa shape index (κ2) is 10.2. The number of likely N-dealkylation sites (N-methyl/N-ethyl adjacent to an activating group) is 1. The number of nitrogens with zero attached hydrogens (tertiary/aromatic N) is 3. The number of carbonyl (C=O) groups excluding carboxylic acids is 1. The van der Waals surface area contributed by atoms with Crippen LogP contribution in [0.2, 0.25) is 0 Å². The lowest BCUT2D eigenvalue weighted by Crippen LogP contribution is -2.41. The summed E-state index contributed by atoms with van der Waals surface area (Å²) in [5.41, 5.74) is 1.15. The summed E-state index contributed by atoms with van der Waals surface area (Å²) in [7, 11) is 7.04. The largest absolute Gasteiger partial charge is 0.383 e. The molecule has 6 nitrogen and oxygen atoms in total. The second-order valence-corrected chi connectivity index (χ2v) is 6.15. The van der Waals surface area contributed by atoms with Gasteiger partial charge in [0.2, 0.25) is 5.91 Å². The molecular weight excluding hydrogens is 360 g/mol. The number of rotatable bonds is 7. The summed E-state index contributed by atoms with van der Waals surface area (Å²) in [6.07, 6.45) is 0. The topological polar surface area (TPSA) is 57.2 Å². The third kappa shape index (κ3) is 7.00. The number of ether oxygens (including phenoxy) is 1. The van der Waals surface area contributed by atoms with Gasteiger partial charge in [-0.25, -0.2) is 4.99 Å². The van der Waals surface area contributed by atoms with Crippen LogP contribution in [0, 0.1) is 0 Å². The van der Waals surface area contributed by atoms with Crippen molar-refractivity contribution in [1.29, 1.82) is 0 Å². The smallest absolute Gasteiger partial charge is 0.243 e. The first kappa shape index (κ1) is 19.4. The van der Waals surface area contributed by atoms with Gasteiger partial charge in [0.25, 0.3) is 0 Å². The molecule has 0 spiro atoms. The van der Waals surface area contributed by atoms with Crippen LogP contribution in [0.3, 0.4) is 0 Å². The van der Waals surface area contributed by atoms with Crippen LogP contribution in [0.25, 0.3) is 0 Å². The molecule has 0 aromatic heterocycles. The van der Waals surface area contributed by atoms with Gasteiger partial charge in [-0.15, -0.1) is 0 Å². The van der Waals surface area contributed by atoms with Gasteiger partial charge < -0.3 is 19.9 Å². The van der Waals surface area contributed by atoms with Gasteiger partial charge in [0.1, 0.15) is 6.54 Å². The summed E-state index contributed by atoms with van der Waals surface area (Å²) >= 11 is 3.55. The van der Waals surface area contributed by atoms with E-state index >= 15 is 0 Å². The lowest BCUT2D eigenvalue weighted by molar-refractivity contribution is -0.127. The lowest BCUT2D eigenvalue weighted by Gasteiger charge is -2.23. The highest BCUT2D eigenvalue weighted by Gasteiger charge is 2.10. The van der Waals surface area contributed by atoms with Gasteiger partial charge in [-0.05, 0) is 11.6 Å². The van der Waals surface area contributed by atoms with E-state index in [1.54, 1.807) is 21.2 Å². The third-order valence-corrected chi connectivity index (χ3v) is 3.95. The van der Waals surface area contributed by atoms with Crippen molar-refractivity contribution in [2.75, 3.05) is 47.9 Å². The predicted molar refractivity (Wildman–Crippen MR) is 96.5 cm³/mol. The number of aliphatic imine (C=N–C) groups is 1. The van der Waals surface area contributed by atoms with Crippen molar-refractivity contribution in [2.24, 2.45) is 4.99 Å². The number of guanidine groups is 1. The number of halogens is 1. The van der Waals surface area contributed by atoms with E-state index in [1.165, 1.54) is 4.90 Å². The molecule has 1 N–H and O–H groups in total. The van der Waals surface area contributed by atoms with E-state index in [0.29, 0.717) is 25.7 Å². The van der Waals surface area contributed by atoms with Crippen LogP contribution >= 0.6 is 15.9 Å². The third-order valence-electron chi connectivity index (χ3n) is 3.18. The van der Waals surface area contributed by atoms with Gasteiger partial charge in [-0.3, -0.25) is 4.79 Å². The standard InChI is InChI=1S/C16H25BrN4O2/c1-20(2)15(22)11-19-16(18-9-10-23-4)21(3)12-13-7-5-6-8-14(13)17/h5-8H,9-12H2,1-4H3,(H,18,19). The molecule has 23 heavy (non-hydrogen) atoms. The van der Waals surface area contributed by atoms with Crippen molar-refractivity contribution in [3.8, 4) is 0 Å². The molecule has 0 radical (unpaired) electrons. The van der Waals surface area contributed by atoms with E-state index in [2.05, 4.69) is 32.3 Å². The van der Waals surface area contributed by atoms with Crippen LogP contribution in [0.15, 0.2) is 33.7 Å². The first-order valence-corrected chi connectivity index (χ1v) is 8.17. The quantitative estimate of drug-likeness (QED) is 0.440. The van der Waals surface area contributed by atoms with Crippen molar-refractivity contribution < 1.29 is 9.53 Å². The highest BCUT2D eigenvalue weighted by Crippen LogP contribution is 2.17. The van der Waals surface area contributed by atoms with E-state index in [9.17, 15) is 4.79 Å². The number of methoxy groups -OCH3 is 1. The molecule has 1 aromatic carbocycles. The first-order chi connectivity index (χ1) is 11.0. The van der Waals surface area contributed by atoms with Gasteiger partial charge >= 0.3 is 0 Å². The molecule has 0 fully saturated rings. The van der Waals surface area contributed by atoms with Crippen molar-refractivity contribution >= 4 is 27.8 Å². The van der Waals surface area contributed by atoms with Crippen molar-refractivity contribution in [2.45, 2.75) is 6.54 Å². The van der Waals surface area contributed by atoms with E-state index in [1.807, 2.05) is 30.1 Å². The fraction of sp³-hybridized carbons (Fsp3) is 0.500. The summed E-state index contributed by atoms with van der Waals surface area (Å²) < 4.78 is 6.10. The molecule has 0 aliphatic carbocycles. The number of hydrogen-bond acceptors (Lipinski definition) is 3. The Hall–Kier alpha value is -1.60. The fourth-order valence-corrected chi connectivity index (χ4v) is 2.23. The predicted octanol–water partition coefficient (Wildman–Crippen LogP) is 1.56. The number of hydrogen-bond donors (Lipinski definition) is 1. The van der Waals surface area contributed by atoms with Crippen LogP contribution in [0.1, 0.15) is 5.56 Å². The zero-order chi connectivity index (χ0) is 17.2. The van der Waals surface area contributed by atoms with Crippen molar-refractivity contribution in [3.05, 3.63) is 34.3 Å². The SMILES string of the molecule is COCCNC(=NCC(=O)N(C)C)N(C)Cc1ccccc1Br. The Morgan fingerprint density at radius 1 is 1.30 bits per heavy atom. The molecule has 1 aromatic rings. The van der Waals surface area contributed by atoms with Gasteiger partial charge in [-0.2, -0.15) is 0 Å². The van der Waals surface area contributed by atoms with E-state index in [0.717, 1.165) is 10.0 Å². The highest BCUT2D eigenvalue weighted by atomic mass is 79.9. The zero-order valence-electron chi connectivity index (χ0n) is 14.2. The summed E-state index contributed by atoms with van der Waals surface area (Å²) in [4.78, 5) is 19.7. The van der Waals surface area contributed by atoms with Crippen molar-refractivity contribution in [3.63, 3.8) is 0 Å². The summed E-state index contributed by atoms with van der Waals surface area (Å²) in [6, 6.07) is 8.04. The molecule has 0 aliphatic rings. The van der Waals surface area contributed by atoms with Crippen LogP contribution in [-0.4, -0.2) is 69.6 Å². The molecule has 7 heteroatoms. The summed E-state index contributed by atoms with van der Waals surface area (Å²) in [6.45, 7) is 1.99. The van der Waals surface area contributed by atoms with E-state index in [4.69, 9.17) is 4.74 Å². The van der Waals surface area contributed by atoms with Gasteiger partial charge in [-0.1, -0.05) is 34.1 Å². The van der Waals surface area contributed by atoms with Gasteiger partial charge in [0, 0.05) is 45.8 Å². The summed E-state index contributed by atoms with van der Waals surface area (Å²) in [5.74, 6) is 0.637. The van der Waals surface area contributed by atoms with Crippen molar-refractivity contribution in [1.82, 2.24) is 15.1 Å². The molecule has 1 amide bonds. The molecular formula is C16H25BrN4O2. The molecule has 0 aliphatic heterocycles. The maximum Gasteiger partial charge on any atom is 0.243 e. The maximum atomic E-state index is 11.8. The first-order valence-electron chi connectivity index (χ1n) is 7.37. The number of carbonyl (C=O) groups is 1. The Kier molecular flexibility index (Phi) is 8.65. The number of amides is 1. The molecule has 1 rings (SSSR count). The molecule has 0 bridgehead atoms. The minimum atomic E-state index is -0.0367. The van der Waals surface area contributed by atoms with Gasteiger partial charge in [0.05, 0.1) is 6.61 Å². The van der Waals surface area contributed by atoms with Crippen LogP contribution in [0.4, 0.5) is 0 Å². The molecule has 0 saturated heterocycles. The summed E-state index contributed by atoms with van der Waals surface area (Å²) in [5, 5.41) is 3.22. The molecule has 0 saturated carbocycles. The minimum Gasteiger partial charge on any atom is -0.383 e. The number of nitrogens with one attached hydrogen (secondary N) is 1. The monoisotopic (exact) mass is 384 g/mol. The fourth-order valence-electron chi connectivity index (χ4n) is 1.82. The van der Waals surface area contributed by atoms with Crippen LogP contribution in [-0.2, 0) is 16.1 Å². The highest BCUT2D eigenvalue weighted by molar-refractivity contribution is 9.10. The Morgan fingerprint density at radius 2 is 2.00 bits per heavy atom. The number of benzene rings is 1.